The average Bonchev–Trinajstić information content (AvgIpc) is 2.37. The van der Waals surface area contributed by atoms with Crippen molar-refractivity contribution in [2.45, 2.75) is 13.5 Å². The Hall–Kier alpha value is -2.21. The van der Waals surface area contributed by atoms with E-state index in [0.717, 1.165) is 5.56 Å². The van der Waals surface area contributed by atoms with Gasteiger partial charge in [0.05, 0.1) is 0 Å². The highest BCUT2D eigenvalue weighted by Crippen LogP contribution is 2.12. The Morgan fingerprint density at radius 3 is 2.56 bits per heavy atom. The van der Waals surface area contributed by atoms with Gasteiger partial charge in [-0.3, -0.25) is 19.7 Å². The molecule has 1 aromatic rings. The molecular weight excluding hydrogens is 236 g/mol. The van der Waals surface area contributed by atoms with Crippen molar-refractivity contribution in [2.75, 3.05) is 0 Å². The Labute approximate surface area is 103 Å². The molecule has 0 bridgehead atoms. The van der Waals surface area contributed by atoms with Crippen molar-refractivity contribution in [3.8, 4) is 0 Å². The highest BCUT2D eigenvalue weighted by molar-refractivity contribution is 6.15. The molecule has 6 nitrogen and oxygen atoms in total. The molecule has 1 aromatic carbocycles. The standard InChI is InChI=1S/C12H12N2O4/c1-8-10(15)13-12(17)14(11(8)16)18-7-9-5-3-2-4-6-9/h2-6,8H,7H2,1H3,(H,13,15,17). The summed E-state index contributed by atoms with van der Waals surface area (Å²) in [6.07, 6.45) is 0. The van der Waals surface area contributed by atoms with Crippen molar-refractivity contribution < 1.29 is 19.2 Å². The Balaban J connectivity index is 2.02. The van der Waals surface area contributed by atoms with Crippen LogP contribution in [0.3, 0.4) is 0 Å². The first-order valence-corrected chi connectivity index (χ1v) is 5.45. The van der Waals surface area contributed by atoms with E-state index in [0.29, 0.717) is 5.06 Å². The molecule has 0 saturated carbocycles. The van der Waals surface area contributed by atoms with Crippen molar-refractivity contribution in [2.24, 2.45) is 5.92 Å². The quantitative estimate of drug-likeness (QED) is 0.804. The molecule has 1 atom stereocenters. The fourth-order valence-corrected chi connectivity index (χ4v) is 1.49. The first-order valence-electron chi connectivity index (χ1n) is 5.45. The number of imide groups is 2. The summed E-state index contributed by atoms with van der Waals surface area (Å²) in [6.45, 7) is 1.50. The molecule has 0 aliphatic carbocycles. The molecule has 0 spiro atoms. The lowest BCUT2D eigenvalue weighted by Gasteiger charge is -2.27. The summed E-state index contributed by atoms with van der Waals surface area (Å²) < 4.78 is 0. The largest absolute Gasteiger partial charge is 0.355 e. The third kappa shape index (κ3) is 2.38. The minimum Gasteiger partial charge on any atom is -0.275 e. The second kappa shape index (κ2) is 4.97. The van der Waals surface area contributed by atoms with Crippen LogP contribution in [-0.4, -0.2) is 22.9 Å². The molecule has 94 valence electrons. The van der Waals surface area contributed by atoms with E-state index >= 15 is 0 Å². The molecule has 0 radical (unpaired) electrons. The second-order valence-corrected chi connectivity index (χ2v) is 3.91. The number of nitrogens with zero attached hydrogens (tertiary/aromatic N) is 1. The van der Waals surface area contributed by atoms with Crippen molar-refractivity contribution in [3.63, 3.8) is 0 Å². The normalized spacial score (nSPS) is 19.9. The highest BCUT2D eigenvalue weighted by Gasteiger charge is 2.38. The first kappa shape index (κ1) is 12.3. The molecule has 1 aliphatic rings. The van der Waals surface area contributed by atoms with Crippen LogP contribution in [0.2, 0.25) is 0 Å². The Morgan fingerprint density at radius 2 is 1.89 bits per heavy atom. The Kier molecular flexibility index (Phi) is 3.38. The summed E-state index contributed by atoms with van der Waals surface area (Å²) in [4.78, 5) is 39.4. The average molecular weight is 248 g/mol. The minimum atomic E-state index is -0.918. The monoisotopic (exact) mass is 248 g/mol. The number of rotatable bonds is 3. The van der Waals surface area contributed by atoms with Crippen LogP contribution in [0.25, 0.3) is 0 Å². The van der Waals surface area contributed by atoms with E-state index in [4.69, 9.17) is 4.84 Å². The number of hydrogen-bond acceptors (Lipinski definition) is 4. The third-order valence-electron chi connectivity index (χ3n) is 2.58. The molecule has 1 fully saturated rings. The molecule has 1 heterocycles. The third-order valence-corrected chi connectivity index (χ3v) is 2.58. The summed E-state index contributed by atoms with van der Waals surface area (Å²) >= 11 is 0. The molecule has 1 aliphatic heterocycles. The van der Waals surface area contributed by atoms with Gasteiger partial charge in [-0.05, 0) is 12.5 Å². The van der Waals surface area contributed by atoms with Crippen molar-refractivity contribution >= 4 is 17.8 Å². The van der Waals surface area contributed by atoms with Gasteiger partial charge in [-0.15, -0.1) is 5.06 Å². The molecule has 4 amide bonds. The van der Waals surface area contributed by atoms with Gasteiger partial charge in [-0.25, -0.2) is 4.79 Å². The van der Waals surface area contributed by atoms with E-state index in [2.05, 4.69) is 0 Å². The summed E-state index contributed by atoms with van der Waals surface area (Å²) in [7, 11) is 0. The SMILES string of the molecule is CC1C(=O)NC(=O)N(OCc2ccccc2)C1=O. The summed E-state index contributed by atoms with van der Waals surface area (Å²) in [5.74, 6) is -2.18. The predicted molar refractivity (Wildman–Crippen MR) is 60.8 cm³/mol. The number of nitrogens with one attached hydrogen (secondary N) is 1. The molecule has 1 unspecified atom stereocenters. The molecular formula is C12H12N2O4. The molecule has 18 heavy (non-hydrogen) atoms. The van der Waals surface area contributed by atoms with Crippen LogP contribution in [0.4, 0.5) is 4.79 Å². The summed E-state index contributed by atoms with van der Waals surface area (Å²) in [6, 6.07) is 8.26. The first-order chi connectivity index (χ1) is 8.59. The van der Waals surface area contributed by atoms with Gasteiger partial charge >= 0.3 is 6.03 Å². The van der Waals surface area contributed by atoms with Crippen molar-refractivity contribution in [1.29, 1.82) is 0 Å². The highest BCUT2D eigenvalue weighted by atomic mass is 16.7. The number of hydrogen-bond donors (Lipinski definition) is 1. The number of barbiturate groups is 1. The molecule has 1 N–H and O–H groups in total. The van der Waals surface area contributed by atoms with E-state index in [9.17, 15) is 14.4 Å². The zero-order valence-corrected chi connectivity index (χ0v) is 9.75. The molecule has 2 rings (SSSR count). The van der Waals surface area contributed by atoms with Crippen LogP contribution in [-0.2, 0) is 21.0 Å². The van der Waals surface area contributed by atoms with Gasteiger partial charge in [0.15, 0.2) is 0 Å². The van der Waals surface area contributed by atoms with Gasteiger partial charge in [0.1, 0.15) is 12.5 Å². The predicted octanol–water partition coefficient (Wildman–Crippen LogP) is 0.833. The Bertz CT molecular complexity index is 486. The van der Waals surface area contributed by atoms with E-state index in [1.807, 2.05) is 23.5 Å². The van der Waals surface area contributed by atoms with Crippen LogP contribution < -0.4 is 5.32 Å². The van der Waals surface area contributed by atoms with Crippen LogP contribution in [0.5, 0.6) is 0 Å². The van der Waals surface area contributed by atoms with E-state index < -0.39 is 23.8 Å². The van der Waals surface area contributed by atoms with Gasteiger partial charge < -0.3 is 0 Å². The van der Waals surface area contributed by atoms with Crippen LogP contribution in [0.1, 0.15) is 12.5 Å². The number of hydroxylamine groups is 2. The lowest BCUT2D eigenvalue weighted by molar-refractivity contribution is -0.181. The number of carbonyl (C=O) groups is 3. The van der Waals surface area contributed by atoms with Crippen molar-refractivity contribution in [3.05, 3.63) is 35.9 Å². The molecule has 6 heteroatoms. The van der Waals surface area contributed by atoms with Gasteiger partial charge in [0, 0.05) is 0 Å². The zero-order chi connectivity index (χ0) is 13.1. The van der Waals surface area contributed by atoms with Gasteiger partial charge in [-0.1, -0.05) is 30.3 Å². The van der Waals surface area contributed by atoms with E-state index in [1.165, 1.54) is 6.92 Å². The number of urea groups is 1. The summed E-state index contributed by atoms with van der Waals surface area (Å²) in [5, 5.41) is 2.64. The lowest BCUT2D eigenvalue weighted by Crippen LogP contribution is -2.56. The van der Waals surface area contributed by atoms with Crippen molar-refractivity contribution in [1.82, 2.24) is 10.4 Å². The summed E-state index contributed by atoms with van der Waals surface area (Å²) in [5.41, 5.74) is 0.822. The number of amides is 4. The van der Waals surface area contributed by atoms with Crippen LogP contribution in [0, 0.1) is 5.92 Å². The fraction of sp³-hybridized carbons (Fsp3) is 0.250. The zero-order valence-electron chi connectivity index (χ0n) is 9.75. The van der Waals surface area contributed by atoms with Gasteiger partial charge in [-0.2, -0.15) is 0 Å². The maximum Gasteiger partial charge on any atom is 0.355 e. The Morgan fingerprint density at radius 1 is 1.22 bits per heavy atom. The fourth-order valence-electron chi connectivity index (χ4n) is 1.49. The van der Waals surface area contributed by atoms with E-state index in [-0.39, 0.29) is 6.61 Å². The van der Waals surface area contributed by atoms with Gasteiger partial charge in [0.25, 0.3) is 5.91 Å². The van der Waals surface area contributed by atoms with E-state index in [1.54, 1.807) is 12.1 Å². The molecule has 0 aromatic heterocycles. The smallest absolute Gasteiger partial charge is 0.275 e. The van der Waals surface area contributed by atoms with Crippen LogP contribution in [0.15, 0.2) is 30.3 Å². The number of carbonyl (C=O) groups excluding carboxylic acids is 3. The topological polar surface area (TPSA) is 75.7 Å². The van der Waals surface area contributed by atoms with Gasteiger partial charge in [0.2, 0.25) is 5.91 Å². The second-order valence-electron chi connectivity index (χ2n) is 3.91. The molecule has 1 saturated heterocycles. The maximum atomic E-state index is 11.7. The lowest BCUT2D eigenvalue weighted by atomic mass is 10.1. The maximum absolute atomic E-state index is 11.7. The van der Waals surface area contributed by atoms with Crippen LogP contribution >= 0.6 is 0 Å². The number of benzene rings is 1. The minimum absolute atomic E-state index is 0.0842.